The highest BCUT2D eigenvalue weighted by molar-refractivity contribution is 6.30. The largest absolute Gasteiger partial charge is 0.361 e. The normalized spacial score (nSPS) is 20.4. The number of nitro groups is 1. The minimum absolute atomic E-state index is 0.0752. The van der Waals surface area contributed by atoms with Crippen LogP contribution in [0.2, 0.25) is 5.02 Å². The van der Waals surface area contributed by atoms with Gasteiger partial charge in [0.25, 0.3) is 5.69 Å². The van der Waals surface area contributed by atoms with Gasteiger partial charge in [-0.05, 0) is 19.1 Å². The first kappa shape index (κ1) is 12.1. The van der Waals surface area contributed by atoms with E-state index in [1.807, 2.05) is 11.8 Å². The van der Waals surface area contributed by atoms with Gasteiger partial charge >= 0.3 is 0 Å². The van der Waals surface area contributed by atoms with E-state index in [1.165, 1.54) is 6.07 Å². The third kappa shape index (κ3) is 2.50. The van der Waals surface area contributed by atoms with Crippen molar-refractivity contribution in [1.29, 1.82) is 0 Å². The number of nitrogens with one attached hydrogen (secondary N) is 1. The Hall–Kier alpha value is -1.33. The van der Waals surface area contributed by atoms with Gasteiger partial charge in [0.15, 0.2) is 0 Å². The summed E-state index contributed by atoms with van der Waals surface area (Å²) in [5.41, 5.74) is 0.722. The Morgan fingerprint density at radius 1 is 1.59 bits per heavy atom. The van der Waals surface area contributed by atoms with Crippen LogP contribution in [0.1, 0.15) is 6.92 Å². The van der Waals surface area contributed by atoms with Crippen molar-refractivity contribution in [2.24, 2.45) is 0 Å². The predicted molar refractivity (Wildman–Crippen MR) is 67.8 cm³/mol. The van der Waals surface area contributed by atoms with Crippen molar-refractivity contribution in [1.82, 2.24) is 5.32 Å². The Bertz CT molecular complexity index is 439. The van der Waals surface area contributed by atoms with E-state index in [0.29, 0.717) is 10.7 Å². The van der Waals surface area contributed by atoms with Crippen molar-refractivity contribution in [3.05, 3.63) is 33.3 Å². The molecule has 0 radical (unpaired) electrons. The molecule has 5 nitrogen and oxygen atoms in total. The lowest BCUT2D eigenvalue weighted by Gasteiger charge is -2.35. The first-order valence-electron chi connectivity index (χ1n) is 5.51. The number of nitro benzene ring substituents is 1. The molecule has 1 aromatic carbocycles. The van der Waals surface area contributed by atoms with Gasteiger partial charge < -0.3 is 10.2 Å². The highest BCUT2D eigenvalue weighted by Gasteiger charge is 2.25. The predicted octanol–water partition coefficient (Wildman–Crippen LogP) is 2.05. The Morgan fingerprint density at radius 3 is 3.00 bits per heavy atom. The van der Waals surface area contributed by atoms with E-state index < -0.39 is 0 Å². The van der Waals surface area contributed by atoms with Crippen LogP contribution in [0.15, 0.2) is 18.2 Å². The minimum atomic E-state index is -0.379. The van der Waals surface area contributed by atoms with E-state index in [4.69, 9.17) is 11.6 Å². The molecule has 0 aromatic heterocycles. The van der Waals surface area contributed by atoms with E-state index in [0.717, 1.165) is 19.6 Å². The van der Waals surface area contributed by atoms with Gasteiger partial charge in [-0.3, -0.25) is 10.1 Å². The van der Waals surface area contributed by atoms with Crippen molar-refractivity contribution in [2.45, 2.75) is 13.0 Å². The molecule has 1 N–H and O–H groups in total. The molecule has 0 saturated carbocycles. The summed E-state index contributed by atoms with van der Waals surface area (Å²) in [5.74, 6) is 0. The Kier molecular flexibility index (Phi) is 3.49. The number of piperazine rings is 1. The summed E-state index contributed by atoms with van der Waals surface area (Å²) in [6, 6.07) is 5.07. The lowest BCUT2D eigenvalue weighted by atomic mass is 10.1. The molecule has 92 valence electrons. The summed E-state index contributed by atoms with van der Waals surface area (Å²) in [7, 11) is 0. The lowest BCUT2D eigenvalue weighted by molar-refractivity contribution is -0.384. The van der Waals surface area contributed by atoms with Gasteiger partial charge in [0, 0.05) is 36.8 Å². The summed E-state index contributed by atoms with van der Waals surface area (Å²) in [4.78, 5) is 12.7. The molecule has 0 aliphatic carbocycles. The van der Waals surface area contributed by atoms with Crippen LogP contribution < -0.4 is 10.2 Å². The third-order valence-corrected chi connectivity index (χ3v) is 3.18. The number of halogens is 1. The minimum Gasteiger partial charge on any atom is -0.361 e. The van der Waals surface area contributed by atoms with Gasteiger partial charge in [-0.2, -0.15) is 0 Å². The van der Waals surface area contributed by atoms with E-state index in [2.05, 4.69) is 5.32 Å². The molecule has 1 heterocycles. The smallest absolute Gasteiger partial charge is 0.294 e. The monoisotopic (exact) mass is 255 g/mol. The number of rotatable bonds is 2. The van der Waals surface area contributed by atoms with Crippen LogP contribution in [0.4, 0.5) is 11.4 Å². The molecule has 1 aliphatic heterocycles. The number of hydrogen-bond donors (Lipinski definition) is 1. The number of anilines is 1. The van der Waals surface area contributed by atoms with Gasteiger partial charge in [0.2, 0.25) is 0 Å². The summed E-state index contributed by atoms with van der Waals surface area (Å²) in [5, 5.41) is 14.7. The second-order valence-corrected chi connectivity index (χ2v) is 4.57. The van der Waals surface area contributed by atoms with Gasteiger partial charge in [-0.15, -0.1) is 0 Å². The molecule has 0 bridgehead atoms. The van der Waals surface area contributed by atoms with Crippen molar-refractivity contribution in [3.63, 3.8) is 0 Å². The van der Waals surface area contributed by atoms with Gasteiger partial charge in [0.1, 0.15) is 5.69 Å². The Morgan fingerprint density at radius 2 is 2.35 bits per heavy atom. The molecule has 0 amide bonds. The zero-order chi connectivity index (χ0) is 12.4. The fourth-order valence-corrected chi connectivity index (χ4v) is 2.25. The summed E-state index contributed by atoms with van der Waals surface area (Å²) in [6.45, 7) is 4.48. The van der Waals surface area contributed by atoms with Crippen LogP contribution in [0, 0.1) is 10.1 Å². The quantitative estimate of drug-likeness (QED) is 0.649. The molecular formula is C11H14ClN3O2. The molecular weight excluding hydrogens is 242 g/mol. The molecule has 2 rings (SSSR count). The maximum absolute atomic E-state index is 11.0. The number of nitrogens with zero attached hydrogens (tertiary/aromatic N) is 2. The van der Waals surface area contributed by atoms with Crippen LogP contribution >= 0.6 is 11.6 Å². The second kappa shape index (κ2) is 4.89. The van der Waals surface area contributed by atoms with E-state index in [9.17, 15) is 10.1 Å². The highest BCUT2D eigenvalue weighted by atomic mass is 35.5. The van der Waals surface area contributed by atoms with Crippen LogP contribution in [0.25, 0.3) is 0 Å². The molecule has 1 atom stereocenters. The Balaban J connectivity index is 2.39. The molecule has 1 fully saturated rings. The standard InChI is InChI=1S/C11H14ClN3O2/c1-8-7-13-4-5-14(8)10-3-2-9(12)6-11(10)15(16)17/h2-3,6,8,13H,4-5,7H2,1H3. The number of benzene rings is 1. The fraction of sp³-hybridized carbons (Fsp3) is 0.455. The van der Waals surface area contributed by atoms with Crippen molar-refractivity contribution in [3.8, 4) is 0 Å². The molecule has 1 aliphatic rings. The molecule has 0 spiro atoms. The molecule has 1 aromatic rings. The SMILES string of the molecule is CC1CNCCN1c1ccc(Cl)cc1[N+](=O)[O-]. The average molecular weight is 256 g/mol. The molecule has 6 heteroatoms. The maximum atomic E-state index is 11.0. The maximum Gasteiger partial charge on any atom is 0.294 e. The molecule has 1 unspecified atom stereocenters. The van der Waals surface area contributed by atoms with E-state index in [1.54, 1.807) is 12.1 Å². The summed E-state index contributed by atoms with van der Waals surface area (Å²) >= 11 is 5.80. The Labute approximate surface area is 105 Å². The zero-order valence-corrected chi connectivity index (χ0v) is 10.3. The van der Waals surface area contributed by atoms with Crippen molar-refractivity contribution in [2.75, 3.05) is 24.5 Å². The van der Waals surface area contributed by atoms with Gasteiger partial charge in [-0.1, -0.05) is 11.6 Å². The van der Waals surface area contributed by atoms with Gasteiger partial charge in [-0.25, -0.2) is 0 Å². The van der Waals surface area contributed by atoms with Crippen LogP contribution in [0.3, 0.4) is 0 Å². The average Bonchev–Trinajstić information content (AvgIpc) is 2.30. The van der Waals surface area contributed by atoms with Crippen molar-refractivity contribution < 1.29 is 4.92 Å². The van der Waals surface area contributed by atoms with Crippen LogP contribution in [-0.2, 0) is 0 Å². The topological polar surface area (TPSA) is 58.4 Å². The molecule has 17 heavy (non-hydrogen) atoms. The highest BCUT2D eigenvalue weighted by Crippen LogP contribution is 2.32. The van der Waals surface area contributed by atoms with Crippen LogP contribution in [0.5, 0.6) is 0 Å². The van der Waals surface area contributed by atoms with Crippen molar-refractivity contribution >= 4 is 23.0 Å². The molecule has 1 saturated heterocycles. The zero-order valence-electron chi connectivity index (χ0n) is 9.52. The lowest BCUT2D eigenvalue weighted by Crippen LogP contribution is -2.50. The summed E-state index contributed by atoms with van der Waals surface area (Å²) < 4.78 is 0. The first-order chi connectivity index (χ1) is 8.09. The number of hydrogen-bond acceptors (Lipinski definition) is 4. The second-order valence-electron chi connectivity index (χ2n) is 4.14. The fourth-order valence-electron chi connectivity index (χ4n) is 2.08. The van der Waals surface area contributed by atoms with E-state index in [-0.39, 0.29) is 16.7 Å². The summed E-state index contributed by atoms with van der Waals surface area (Å²) in [6.07, 6.45) is 0. The van der Waals surface area contributed by atoms with E-state index >= 15 is 0 Å². The van der Waals surface area contributed by atoms with Gasteiger partial charge in [0.05, 0.1) is 4.92 Å². The van der Waals surface area contributed by atoms with Crippen LogP contribution in [-0.4, -0.2) is 30.6 Å². The first-order valence-corrected chi connectivity index (χ1v) is 5.88. The third-order valence-electron chi connectivity index (χ3n) is 2.94.